The maximum Gasteiger partial charge on any atom is 0.340 e. The van der Waals surface area contributed by atoms with E-state index in [1.165, 1.54) is 18.2 Å². The SMILES string of the molecule is Cc1cc(OCCC=O)cc(OS(=O)(=O)c2ccccc2Cl)c1. The highest BCUT2D eigenvalue weighted by atomic mass is 35.5. The molecule has 0 atom stereocenters. The quantitative estimate of drug-likeness (QED) is 0.433. The lowest BCUT2D eigenvalue weighted by Crippen LogP contribution is -2.10. The molecule has 0 aliphatic carbocycles. The van der Waals surface area contributed by atoms with E-state index in [4.69, 9.17) is 20.5 Å². The van der Waals surface area contributed by atoms with Gasteiger partial charge in [0, 0.05) is 12.5 Å². The van der Waals surface area contributed by atoms with Crippen molar-refractivity contribution in [1.82, 2.24) is 0 Å². The second-order valence-corrected chi connectivity index (χ2v) is 6.68. The van der Waals surface area contributed by atoms with Gasteiger partial charge in [0.05, 0.1) is 11.6 Å². The average molecular weight is 355 g/mol. The van der Waals surface area contributed by atoms with Crippen molar-refractivity contribution < 1.29 is 22.1 Å². The van der Waals surface area contributed by atoms with E-state index in [0.717, 1.165) is 11.8 Å². The monoisotopic (exact) mass is 354 g/mol. The minimum absolute atomic E-state index is 0.0857. The Bertz CT molecular complexity index is 802. The third-order valence-electron chi connectivity index (χ3n) is 2.84. The Morgan fingerprint density at radius 2 is 1.83 bits per heavy atom. The van der Waals surface area contributed by atoms with Crippen molar-refractivity contribution in [2.24, 2.45) is 0 Å². The van der Waals surface area contributed by atoms with Gasteiger partial charge in [-0.05, 0) is 36.8 Å². The summed E-state index contributed by atoms with van der Waals surface area (Å²) < 4.78 is 35.1. The molecule has 2 rings (SSSR count). The van der Waals surface area contributed by atoms with Crippen LogP contribution >= 0.6 is 11.6 Å². The summed E-state index contributed by atoms with van der Waals surface area (Å²) in [6.45, 7) is 1.99. The zero-order valence-corrected chi connectivity index (χ0v) is 13.9. The van der Waals surface area contributed by atoms with Gasteiger partial charge >= 0.3 is 10.1 Å². The molecular formula is C16H15ClO5S. The van der Waals surface area contributed by atoms with Gasteiger partial charge in [0.2, 0.25) is 0 Å². The van der Waals surface area contributed by atoms with Crippen molar-refractivity contribution in [2.45, 2.75) is 18.2 Å². The first kappa shape index (κ1) is 17.3. The fraction of sp³-hybridized carbons (Fsp3) is 0.188. The lowest BCUT2D eigenvalue weighted by Gasteiger charge is -2.11. The van der Waals surface area contributed by atoms with Crippen LogP contribution in [0.2, 0.25) is 5.02 Å². The van der Waals surface area contributed by atoms with Crippen LogP contribution < -0.4 is 8.92 Å². The summed E-state index contributed by atoms with van der Waals surface area (Å²) in [6, 6.07) is 10.8. The summed E-state index contributed by atoms with van der Waals surface area (Å²) in [5.41, 5.74) is 0.762. The first-order valence-corrected chi connectivity index (χ1v) is 8.58. The number of carbonyl (C=O) groups is 1. The lowest BCUT2D eigenvalue weighted by atomic mass is 10.2. The van der Waals surface area contributed by atoms with Crippen molar-refractivity contribution in [3.8, 4) is 11.5 Å². The van der Waals surface area contributed by atoms with Gasteiger partial charge in [0.25, 0.3) is 0 Å². The fourth-order valence-corrected chi connectivity index (χ4v) is 3.30. The molecule has 0 saturated heterocycles. The summed E-state index contributed by atoms with van der Waals surface area (Å²) in [5.74, 6) is 0.544. The van der Waals surface area contributed by atoms with Gasteiger partial charge in [-0.2, -0.15) is 8.42 Å². The molecule has 0 spiro atoms. The van der Waals surface area contributed by atoms with Crippen LogP contribution in [0.15, 0.2) is 47.4 Å². The van der Waals surface area contributed by atoms with E-state index in [1.807, 2.05) is 0 Å². The van der Waals surface area contributed by atoms with Crippen molar-refractivity contribution in [3.05, 3.63) is 53.1 Å². The third-order valence-corrected chi connectivity index (χ3v) is 4.59. The number of benzene rings is 2. The first-order valence-electron chi connectivity index (χ1n) is 6.79. The van der Waals surface area contributed by atoms with Gasteiger partial charge < -0.3 is 13.7 Å². The fourth-order valence-electron chi connectivity index (χ4n) is 1.89. The zero-order valence-electron chi connectivity index (χ0n) is 12.4. The normalized spacial score (nSPS) is 11.0. The van der Waals surface area contributed by atoms with E-state index in [-0.39, 0.29) is 28.7 Å². The molecular weight excluding hydrogens is 340 g/mol. The lowest BCUT2D eigenvalue weighted by molar-refractivity contribution is -0.108. The van der Waals surface area contributed by atoms with Gasteiger partial charge in [-0.1, -0.05) is 23.7 Å². The molecule has 23 heavy (non-hydrogen) atoms. The van der Waals surface area contributed by atoms with Crippen LogP contribution in [0.5, 0.6) is 11.5 Å². The number of ether oxygens (including phenoxy) is 1. The molecule has 2 aromatic carbocycles. The van der Waals surface area contributed by atoms with Crippen LogP contribution in [0.3, 0.4) is 0 Å². The van der Waals surface area contributed by atoms with E-state index < -0.39 is 10.1 Å². The summed E-state index contributed by atoms with van der Waals surface area (Å²) in [4.78, 5) is 10.2. The number of carbonyl (C=O) groups excluding carboxylic acids is 1. The molecule has 0 unspecified atom stereocenters. The molecule has 0 aliphatic rings. The molecule has 0 heterocycles. The predicted octanol–water partition coefficient (Wildman–Crippen LogP) is 3.38. The molecule has 122 valence electrons. The van der Waals surface area contributed by atoms with Gasteiger partial charge in [0.15, 0.2) is 0 Å². The van der Waals surface area contributed by atoms with Gasteiger partial charge in [0.1, 0.15) is 22.7 Å². The predicted molar refractivity (Wildman–Crippen MR) is 86.6 cm³/mol. The highest BCUT2D eigenvalue weighted by Gasteiger charge is 2.20. The Balaban J connectivity index is 2.25. The van der Waals surface area contributed by atoms with E-state index >= 15 is 0 Å². The number of rotatable bonds is 7. The van der Waals surface area contributed by atoms with Crippen molar-refractivity contribution in [1.29, 1.82) is 0 Å². The highest BCUT2D eigenvalue weighted by Crippen LogP contribution is 2.28. The molecule has 0 fully saturated rings. The van der Waals surface area contributed by atoms with Gasteiger partial charge in [-0.3, -0.25) is 0 Å². The largest absolute Gasteiger partial charge is 0.493 e. The molecule has 0 radical (unpaired) electrons. The molecule has 0 bridgehead atoms. The second kappa shape index (κ2) is 7.48. The molecule has 0 aromatic heterocycles. The van der Waals surface area contributed by atoms with Crippen LogP contribution in [0.4, 0.5) is 0 Å². The molecule has 0 saturated carbocycles. The van der Waals surface area contributed by atoms with Crippen molar-refractivity contribution in [2.75, 3.05) is 6.61 Å². The van der Waals surface area contributed by atoms with Crippen LogP contribution in [-0.4, -0.2) is 21.3 Å². The molecule has 7 heteroatoms. The summed E-state index contributed by atoms with van der Waals surface area (Å²) >= 11 is 5.91. The number of hydrogen-bond donors (Lipinski definition) is 0. The number of hydrogen-bond acceptors (Lipinski definition) is 5. The average Bonchev–Trinajstić information content (AvgIpc) is 2.46. The van der Waals surface area contributed by atoms with Crippen LogP contribution in [-0.2, 0) is 14.9 Å². The van der Waals surface area contributed by atoms with Crippen LogP contribution in [0.1, 0.15) is 12.0 Å². The minimum Gasteiger partial charge on any atom is -0.493 e. The van der Waals surface area contributed by atoms with E-state index in [9.17, 15) is 13.2 Å². The minimum atomic E-state index is -4.05. The smallest absolute Gasteiger partial charge is 0.340 e. The molecule has 0 aliphatic heterocycles. The Labute approximate surface area is 139 Å². The second-order valence-electron chi connectivity index (χ2n) is 4.75. The zero-order chi connectivity index (χ0) is 16.9. The van der Waals surface area contributed by atoms with Crippen LogP contribution in [0, 0.1) is 6.92 Å². The number of aryl methyl sites for hydroxylation is 1. The molecule has 0 amide bonds. The summed E-state index contributed by atoms with van der Waals surface area (Å²) in [5, 5.41) is 0.0857. The number of aldehydes is 1. The standard InChI is InChI=1S/C16H15ClO5S/c1-12-9-13(21-8-4-7-18)11-14(10-12)22-23(19,20)16-6-3-2-5-15(16)17/h2-3,5-7,9-11H,4,8H2,1H3. The van der Waals surface area contributed by atoms with E-state index in [1.54, 1.807) is 31.2 Å². The van der Waals surface area contributed by atoms with Gasteiger partial charge in [-0.25, -0.2) is 0 Å². The maximum absolute atomic E-state index is 12.3. The molecule has 5 nitrogen and oxygen atoms in total. The Morgan fingerprint density at radius 1 is 1.13 bits per heavy atom. The Morgan fingerprint density at radius 3 is 2.52 bits per heavy atom. The first-order chi connectivity index (χ1) is 10.9. The molecule has 0 N–H and O–H groups in total. The maximum atomic E-state index is 12.3. The Hall–Kier alpha value is -2.05. The van der Waals surface area contributed by atoms with E-state index in [2.05, 4.69) is 0 Å². The van der Waals surface area contributed by atoms with Crippen LogP contribution in [0.25, 0.3) is 0 Å². The summed E-state index contributed by atoms with van der Waals surface area (Å²) in [6.07, 6.45) is 0.997. The van der Waals surface area contributed by atoms with Crippen molar-refractivity contribution in [3.63, 3.8) is 0 Å². The number of halogens is 1. The van der Waals surface area contributed by atoms with E-state index in [0.29, 0.717) is 5.75 Å². The topological polar surface area (TPSA) is 69.7 Å². The summed E-state index contributed by atoms with van der Waals surface area (Å²) in [7, 11) is -4.05. The highest BCUT2D eigenvalue weighted by molar-refractivity contribution is 7.87. The van der Waals surface area contributed by atoms with Crippen molar-refractivity contribution >= 4 is 28.0 Å². The van der Waals surface area contributed by atoms with Gasteiger partial charge in [-0.15, -0.1) is 0 Å². The molecule has 2 aromatic rings. The Kier molecular flexibility index (Phi) is 5.63. The third kappa shape index (κ3) is 4.71.